The fraction of sp³-hybridized carbons (Fsp3) is 0.133. The molecular formula is C15H13FN6O2. The van der Waals surface area contributed by atoms with Crippen molar-refractivity contribution in [1.82, 2.24) is 25.3 Å². The largest absolute Gasteiger partial charge is 0.329 e. The summed E-state index contributed by atoms with van der Waals surface area (Å²) in [5, 5.41) is 11.3. The molecule has 0 saturated heterocycles. The van der Waals surface area contributed by atoms with Gasteiger partial charge in [0, 0.05) is 12.6 Å². The third-order valence-corrected chi connectivity index (χ3v) is 3.21. The van der Waals surface area contributed by atoms with Gasteiger partial charge >= 0.3 is 11.8 Å². The lowest BCUT2D eigenvalue weighted by Gasteiger charge is -1.93. The summed E-state index contributed by atoms with van der Waals surface area (Å²) < 4.78 is 19.7. The van der Waals surface area contributed by atoms with Gasteiger partial charge in [0.1, 0.15) is 0 Å². The van der Waals surface area contributed by atoms with Crippen molar-refractivity contribution in [2.24, 2.45) is 12.1 Å². The van der Waals surface area contributed by atoms with Gasteiger partial charge in [0.05, 0.1) is 17.5 Å². The third kappa shape index (κ3) is 3.05. The minimum atomic E-state index is -0.692. The van der Waals surface area contributed by atoms with Gasteiger partial charge in [-0.25, -0.2) is 10.1 Å². The zero-order chi connectivity index (χ0) is 17.1. The highest BCUT2D eigenvalue weighted by Crippen LogP contribution is 2.14. The van der Waals surface area contributed by atoms with Crippen LogP contribution in [-0.4, -0.2) is 32.0 Å². The Balaban J connectivity index is 1.70. The Morgan fingerprint density at radius 3 is 2.79 bits per heavy atom. The first kappa shape index (κ1) is 15.5. The fourth-order valence-corrected chi connectivity index (χ4v) is 2.02. The van der Waals surface area contributed by atoms with Gasteiger partial charge in [-0.3, -0.25) is 4.79 Å². The van der Waals surface area contributed by atoms with E-state index in [0.29, 0.717) is 11.5 Å². The van der Waals surface area contributed by atoms with E-state index < -0.39 is 11.9 Å². The maximum Gasteiger partial charge on any atom is 0.329 e. The van der Waals surface area contributed by atoms with Crippen LogP contribution in [0.5, 0.6) is 0 Å². The van der Waals surface area contributed by atoms with Gasteiger partial charge in [0.15, 0.2) is 0 Å². The Morgan fingerprint density at radius 2 is 2.12 bits per heavy atom. The predicted molar refractivity (Wildman–Crippen MR) is 82.7 cm³/mol. The number of aryl methyl sites for hydroxylation is 2. The van der Waals surface area contributed by atoms with Crippen molar-refractivity contribution in [3.63, 3.8) is 0 Å². The smallest absolute Gasteiger partial charge is 0.328 e. The lowest BCUT2D eigenvalue weighted by atomic mass is 10.2. The molecule has 0 spiro atoms. The van der Waals surface area contributed by atoms with E-state index in [0.717, 1.165) is 10.2 Å². The van der Waals surface area contributed by atoms with Crippen LogP contribution < -0.4 is 5.43 Å². The van der Waals surface area contributed by atoms with E-state index in [4.69, 9.17) is 4.52 Å². The summed E-state index contributed by atoms with van der Waals surface area (Å²) in [6, 6.07) is 9.07. The Hall–Kier alpha value is -3.36. The van der Waals surface area contributed by atoms with E-state index in [1.807, 2.05) is 18.2 Å². The van der Waals surface area contributed by atoms with Crippen molar-refractivity contribution in [3.8, 4) is 11.4 Å². The molecule has 0 atom stereocenters. The van der Waals surface area contributed by atoms with Gasteiger partial charge in [-0.2, -0.15) is 19.6 Å². The highest BCUT2D eigenvalue weighted by atomic mass is 19.1. The van der Waals surface area contributed by atoms with Crippen LogP contribution in [0.4, 0.5) is 4.39 Å². The summed E-state index contributed by atoms with van der Waals surface area (Å²) in [6.45, 7) is 1.64. The molecule has 1 aromatic carbocycles. The Bertz CT molecular complexity index is 900. The second kappa shape index (κ2) is 6.41. The zero-order valence-electron chi connectivity index (χ0n) is 12.9. The average molecular weight is 328 g/mol. The molecule has 9 heteroatoms. The first-order valence-corrected chi connectivity index (χ1v) is 6.98. The van der Waals surface area contributed by atoms with Crippen LogP contribution in [0.25, 0.3) is 11.4 Å². The maximum absolute atomic E-state index is 13.7. The normalized spacial score (nSPS) is 11.1. The molecule has 3 aromatic rings. The quantitative estimate of drug-likeness (QED) is 0.580. The van der Waals surface area contributed by atoms with Crippen molar-refractivity contribution in [2.75, 3.05) is 0 Å². The Morgan fingerprint density at radius 1 is 1.38 bits per heavy atom. The van der Waals surface area contributed by atoms with Gasteiger partial charge in [0.2, 0.25) is 11.8 Å². The summed E-state index contributed by atoms with van der Waals surface area (Å²) in [5.74, 6) is -1.19. The van der Waals surface area contributed by atoms with Crippen molar-refractivity contribution < 1.29 is 13.7 Å². The lowest BCUT2D eigenvalue weighted by molar-refractivity contribution is 0.0911. The summed E-state index contributed by atoms with van der Waals surface area (Å²) in [4.78, 5) is 15.9. The summed E-state index contributed by atoms with van der Waals surface area (Å²) in [6.07, 6.45) is 1.17. The van der Waals surface area contributed by atoms with Gasteiger partial charge in [-0.05, 0) is 6.92 Å². The molecule has 3 rings (SSSR count). The number of aromatic nitrogens is 4. The van der Waals surface area contributed by atoms with E-state index in [1.54, 1.807) is 19.1 Å². The Kier molecular flexibility index (Phi) is 4.15. The van der Waals surface area contributed by atoms with Crippen LogP contribution in [-0.2, 0) is 7.05 Å². The van der Waals surface area contributed by atoms with Crippen molar-refractivity contribution >= 4 is 12.1 Å². The van der Waals surface area contributed by atoms with Gasteiger partial charge in [-0.1, -0.05) is 35.5 Å². The van der Waals surface area contributed by atoms with Crippen molar-refractivity contribution in [2.45, 2.75) is 6.92 Å². The third-order valence-electron chi connectivity index (χ3n) is 3.21. The van der Waals surface area contributed by atoms with Gasteiger partial charge in [0.25, 0.3) is 0 Å². The molecule has 1 N–H and O–H groups in total. The van der Waals surface area contributed by atoms with E-state index in [-0.39, 0.29) is 11.5 Å². The lowest BCUT2D eigenvalue weighted by Crippen LogP contribution is -2.18. The molecule has 24 heavy (non-hydrogen) atoms. The van der Waals surface area contributed by atoms with Crippen LogP contribution in [0.2, 0.25) is 0 Å². The molecule has 0 aliphatic rings. The molecule has 0 fully saturated rings. The molecule has 1 amide bonds. The maximum atomic E-state index is 13.7. The number of halogens is 1. The topological polar surface area (TPSA) is 98.2 Å². The second-order valence-corrected chi connectivity index (χ2v) is 4.90. The number of benzene rings is 1. The molecule has 122 valence electrons. The van der Waals surface area contributed by atoms with Gasteiger partial charge in [-0.15, -0.1) is 0 Å². The molecule has 0 aliphatic carbocycles. The molecular weight excluding hydrogens is 315 g/mol. The molecule has 0 aliphatic heterocycles. The predicted octanol–water partition coefficient (Wildman–Crippen LogP) is 1.68. The van der Waals surface area contributed by atoms with Gasteiger partial charge < -0.3 is 4.52 Å². The van der Waals surface area contributed by atoms with E-state index in [9.17, 15) is 9.18 Å². The molecule has 2 aromatic heterocycles. The number of nitrogens with zero attached hydrogens (tertiary/aromatic N) is 5. The first-order chi connectivity index (χ1) is 11.6. The average Bonchev–Trinajstić information content (AvgIpc) is 3.16. The summed E-state index contributed by atoms with van der Waals surface area (Å²) >= 11 is 0. The minimum Gasteiger partial charge on any atom is -0.328 e. The van der Waals surface area contributed by atoms with Crippen LogP contribution in [0.1, 0.15) is 21.9 Å². The van der Waals surface area contributed by atoms with Crippen LogP contribution in [0.15, 0.2) is 40.0 Å². The van der Waals surface area contributed by atoms with E-state index in [1.165, 1.54) is 13.3 Å². The fourth-order valence-electron chi connectivity index (χ4n) is 2.02. The highest BCUT2D eigenvalue weighted by Gasteiger charge is 2.16. The zero-order valence-corrected chi connectivity index (χ0v) is 12.9. The second-order valence-electron chi connectivity index (χ2n) is 4.90. The number of amides is 1. The summed E-state index contributed by atoms with van der Waals surface area (Å²) in [7, 11) is 1.47. The molecule has 0 saturated carbocycles. The molecule has 0 radical (unpaired) electrons. The number of carbonyl (C=O) groups is 1. The van der Waals surface area contributed by atoms with E-state index in [2.05, 4.69) is 25.8 Å². The highest BCUT2D eigenvalue weighted by molar-refractivity contribution is 5.91. The number of hydrogen-bond donors (Lipinski definition) is 1. The SMILES string of the molecule is Cc1nn(C)c(F)c1/C=N\NC(=O)c1nc(-c2ccccc2)no1. The molecule has 0 bridgehead atoms. The standard InChI is InChI=1S/C15H13FN6O2/c1-9-11(12(16)22(2)20-9)8-17-19-14(23)15-18-13(21-24-15)10-6-4-3-5-7-10/h3-8H,1-2H3,(H,19,23)/b17-8-. The number of carbonyl (C=O) groups excluding carboxylic acids is 1. The van der Waals surface area contributed by atoms with Crippen LogP contribution >= 0.6 is 0 Å². The molecule has 8 nitrogen and oxygen atoms in total. The van der Waals surface area contributed by atoms with Crippen LogP contribution in [0.3, 0.4) is 0 Å². The number of rotatable bonds is 4. The number of hydrogen-bond acceptors (Lipinski definition) is 6. The molecule has 2 heterocycles. The number of nitrogens with one attached hydrogen (secondary N) is 1. The van der Waals surface area contributed by atoms with Crippen molar-refractivity contribution in [3.05, 3.63) is 53.4 Å². The Labute approximate surface area is 136 Å². The monoisotopic (exact) mass is 328 g/mol. The molecule has 0 unspecified atom stereocenters. The number of hydrazone groups is 1. The van der Waals surface area contributed by atoms with Crippen LogP contribution in [0, 0.1) is 12.9 Å². The van der Waals surface area contributed by atoms with E-state index >= 15 is 0 Å². The minimum absolute atomic E-state index is 0.188. The summed E-state index contributed by atoms with van der Waals surface area (Å²) in [5.41, 5.74) is 3.57. The van der Waals surface area contributed by atoms with Crippen molar-refractivity contribution in [1.29, 1.82) is 0 Å². The first-order valence-electron chi connectivity index (χ1n) is 6.98.